The van der Waals surface area contributed by atoms with Crippen molar-refractivity contribution >= 4 is 27.5 Å². The van der Waals surface area contributed by atoms with Gasteiger partial charge in [0.2, 0.25) is 21.8 Å². The molecule has 0 bridgehead atoms. The van der Waals surface area contributed by atoms with Gasteiger partial charge in [0, 0.05) is 12.6 Å². The van der Waals surface area contributed by atoms with Gasteiger partial charge < -0.3 is 10.2 Å². The van der Waals surface area contributed by atoms with E-state index < -0.39 is 22.0 Å². The summed E-state index contributed by atoms with van der Waals surface area (Å²) in [5, 5.41) is 2.98. The third-order valence-electron chi connectivity index (χ3n) is 6.00. The molecule has 0 saturated carbocycles. The third kappa shape index (κ3) is 8.09. The van der Waals surface area contributed by atoms with Crippen LogP contribution in [0.2, 0.25) is 0 Å². The number of hydrogen-bond acceptors (Lipinski definition) is 4. The first-order valence-electron chi connectivity index (χ1n) is 12.1. The third-order valence-corrected chi connectivity index (χ3v) is 7.14. The van der Waals surface area contributed by atoms with Crippen molar-refractivity contribution < 1.29 is 18.0 Å². The normalized spacial score (nSPS) is 13.1. The Hall–Kier alpha value is -2.87. The zero-order valence-corrected chi connectivity index (χ0v) is 22.8. The van der Waals surface area contributed by atoms with Crippen molar-refractivity contribution in [3.05, 3.63) is 64.7 Å². The van der Waals surface area contributed by atoms with Crippen LogP contribution in [-0.2, 0) is 26.2 Å². The fraction of sp³-hybridized carbons (Fsp3) is 0.481. The number of aryl methyl sites for hydroxylation is 3. The molecule has 0 saturated heterocycles. The maximum Gasteiger partial charge on any atom is 0.244 e. The van der Waals surface area contributed by atoms with E-state index in [4.69, 9.17) is 0 Å². The second kappa shape index (κ2) is 12.2. The summed E-state index contributed by atoms with van der Waals surface area (Å²) in [6, 6.07) is 12.4. The Morgan fingerprint density at radius 1 is 0.943 bits per heavy atom. The van der Waals surface area contributed by atoms with Crippen LogP contribution in [0, 0.1) is 20.8 Å². The molecule has 0 spiro atoms. The molecule has 1 N–H and O–H groups in total. The van der Waals surface area contributed by atoms with Crippen LogP contribution in [0.1, 0.15) is 55.9 Å². The highest BCUT2D eigenvalue weighted by molar-refractivity contribution is 7.92. The molecule has 0 aliphatic heterocycles. The molecular weight excluding hydrogens is 462 g/mol. The first-order valence-corrected chi connectivity index (χ1v) is 13.9. The molecule has 2 atom stereocenters. The Morgan fingerprint density at radius 2 is 1.57 bits per heavy atom. The average Bonchev–Trinajstić information content (AvgIpc) is 2.75. The highest BCUT2D eigenvalue weighted by Crippen LogP contribution is 2.23. The van der Waals surface area contributed by atoms with Gasteiger partial charge in [-0.05, 0) is 69.4 Å². The summed E-state index contributed by atoms with van der Waals surface area (Å²) >= 11 is 0. The van der Waals surface area contributed by atoms with E-state index in [1.807, 2.05) is 71.9 Å². The van der Waals surface area contributed by atoms with Gasteiger partial charge in [-0.1, -0.05) is 49.7 Å². The maximum atomic E-state index is 13.7. The van der Waals surface area contributed by atoms with Crippen molar-refractivity contribution in [3.8, 4) is 0 Å². The number of sulfonamides is 1. The monoisotopic (exact) mass is 501 g/mol. The summed E-state index contributed by atoms with van der Waals surface area (Å²) in [5.41, 5.74) is 4.16. The molecular formula is C27H39N3O4S. The summed E-state index contributed by atoms with van der Waals surface area (Å²) in [6.45, 7) is 11.3. The van der Waals surface area contributed by atoms with Crippen molar-refractivity contribution in [2.24, 2.45) is 0 Å². The van der Waals surface area contributed by atoms with Crippen LogP contribution in [-0.4, -0.2) is 50.0 Å². The topological polar surface area (TPSA) is 86.8 Å². The molecule has 192 valence electrons. The summed E-state index contributed by atoms with van der Waals surface area (Å²) in [5.74, 6) is -0.664. The van der Waals surface area contributed by atoms with Crippen LogP contribution < -0.4 is 9.62 Å². The van der Waals surface area contributed by atoms with Gasteiger partial charge in [-0.3, -0.25) is 13.9 Å². The summed E-state index contributed by atoms with van der Waals surface area (Å²) < 4.78 is 26.6. The molecule has 0 heterocycles. The smallest absolute Gasteiger partial charge is 0.244 e. The predicted molar refractivity (Wildman–Crippen MR) is 142 cm³/mol. The number of carbonyl (C=O) groups excluding carboxylic acids is 2. The highest BCUT2D eigenvalue weighted by atomic mass is 32.2. The Kier molecular flexibility index (Phi) is 9.89. The van der Waals surface area contributed by atoms with E-state index in [0.717, 1.165) is 39.2 Å². The Balaban J connectivity index is 2.47. The number of nitrogens with zero attached hydrogens (tertiary/aromatic N) is 2. The number of anilines is 1. The molecule has 0 aliphatic carbocycles. The molecule has 2 rings (SSSR count). The number of nitrogens with one attached hydrogen (secondary N) is 1. The van der Waals surface area contributed by atoms with E-state index in [1.165, 1.54) is 4.90 Å². The molecule has 2 aromatic rings. The first kappa shape index (κ1) is 28.4. The minimum Gasteiger partial charge on any atom is -0.352 e. The molecule has 35 heavy (non-hydrogen) atoms. The predicted octanol–water partition coefficient (Wildman–Crippen LogP) is 4.10. The zero-order valence-electron chi connectivity index (χ0n) is 22.0. The van der Waals surface area contributed by atoms with E-state index in [2.05, 4.69) is 5.32 Å². The van der Waals surface area contributed by atoms with E-state index in [9.17, 15) is 18.0 Å². The van der Waals surface area contributed by atoms with Gasteiger partial charge in [-0.15, -0.1) is 0 Å². The van der Waals surface area contributed by atoms with Gasteiger partial charge in [0.15, 0.2) is 0 Å². The van der Waals surface area contributed by atoms with E-state index in [0.29, 0.717) is 12.1 Å². The second-order valence-electron chi connectivity index (χ2n) is 9.37. The first-order chi connectivity index (χ1) is 16.3. The fourth-order valence-electron chi connectivity index (χ4n) is 4.08. The highest BCUT2D eigenvalue weighted by Gasteiger charge is 2.32. The largest absolute Gasteiger partial charge is 0.352 e. The molecule has 2 amide bonds. The minimum absolute atomic E-state index is 0.0322. The number of benzene rings is 2. The Bertz CT molecular complexity index is 1130. The van der Waals surface area contributed by atoms with Gasteiger partial charge in [-0.25, -0.2) is 8.42 Å². The number of carbonyl (C=O) groups is 2. The summed E-state index contributed by atoms with van der Waals surface area (Å²) in [6.07, 6.45) is 2.26. The van der Waals surface area contributed by atoms with Gasteiger partial charge in [0.1, 0.15) is 12.6 Å². The number of rotatable bonds is 11. The van der Waals surface area contributed by atoms with E-state index in [1.54, 1.807) is 12.1 Å². The molecule has 0 unspecified atom stereocenters. The SMILES string of the molecule is CC[C@H](C)NC(=O)[C@H](CC)N(Cc1cccc(C)c1)C(=O)CN(c1cc(C)cc(C)c1)S(C)(=O)=O. The van der Waals surface area contributed by atoms with Crippen molar-refractivity contribution in [2.45, 2.75) is 73.0 Å². The summed E-state index contributed by atoms with van der Waals surface area (Å²) in [4.78, 5) is 28.4. The van der Waals surface area contributed by atoms with Crippen molar-refractivity contribution in [1.29, 1.82) is 0 Å². The maximum absolute atomic E-state index is 13.7. The molecule has 8 heteroatoms. The molecule has 0 radical (unpaired) electrons. The molecule has 2 aromatic carbocycles. The van der Waals surface area contributed by atoms with Crippen molar-refractivity contribution in [3.63, 3.8) is 0 Å². The average molecular weight is 502 g/mol. The van der Waals surface area contributed by atoms with Crippen LogP contribution >= 0.6 is 0 Å². The van der Waals surface area contributed by atoms with Crippen LogP contribution in [0.4, 0.5) is 5.69 Å². The van der Waals surface area contributed by atoms with Gasteiger partial charge in [-0.2, -0.15) is 0 Å². The van der Waals surface area contributed by atoms with E-state index >= 15 is 0 Å². The van der Waals surface area contributed by atoms with Crippen LogP contribution in [0.15, 0.2) is 42.5 Å². The van der Waals surface area contributed by atoms with E-state index in [-0.39, 0.29) is 25.0 Å². The lowest BCUT2D eigenvalue weighted by atomic mass is 10.1. The van der Waals surface area contributed by atoms with Crippen LogP contribution in [0.25, 0.3) is 0 Å². The lowest BCUT2D eigenvalue weighted by molar-refractivity contribution is -0.140. The van der Waals surface area contributed by atoms with Gasteiger partial charge in [0.25, 0.3) is 0 Å². The minimum atomic E-state index is -3.75. The Labute approximate surface area is 210 Å². The van der Waals surface area contributed by atoms with Gasteiger partial charge >= 0.3 is 0 Å². The van der Waals surface area contributed by atoms with Crippen LogP contribution in [0.3, 0.4) is 0 Å². The quantitative estimate of drug-likeness (QED) is 0.502. The lowest BCUT2D eigenvalue weighted by Gasteiger charge is -2.33. The van der Waals surface area contributed by atoms with Crippen molar-refractivity contribution in [1.82, 2.24) is 10.2 Å². The van der Waals surface area contributed by atoms with Gasteiger partial charge in [0.05, 0.1) is 11.9 Å². The summed E-state index contributed by atoms with van der Waals surface area (Å²) in [7, 11) is -3.75. The Morgan fingerprint density at radius 3 is 2.09 bits per heavy atom. The number of hydrogen-bond donors (Lipinski definition) is 1. The van der Waals surface area contributed by atoms with Crippen molar-refractivity contribution in [2.75, 3.05) is 17.1 Å². The second-order valence-corrected chi connectivity index (χ2v) is 11.3. The fourth-order valence-corrected chi connectivity index (χ4v) is 4.91. The zero-order chi connectivity index (χ0) is 26.3. The standard InChI is InChI=1S/C27H39N3O4S/c1-8-22(6)28-27(32)25(9-2)29(17-23-12-10-11-19(3)14-23)26(31)18-30(35(7,33)34)24-15-20(4)13-21(5)16-24/h10-16,22,25H,8-9,17-18H2,1-7H3,(H,28,32)/t22-,25-/m0/s1. The molecule has 7 nitrogen and oxygen atoms in total. The lowest BCUT2D eigenvalue weighted by Crippen LogP contribution is -2.53. The molecule has 0 aliphatic rings. The van der Waals surface area contributed by atoms with Crippen LogP contribution in [0.5, 0.6) is 0 Å². The molecule has 0 aromatic heterocycles. The number of amides is 2. The molecule has 0 fully saturated rings.